The third kappa shape index (κ3) is 5.09. The van der Waals surface area contributed by atoms with Crippen molar-refractivity contribution in [3.8, 4) is 11.4 Å². The highest BCUT2D eigenvalue weighted by molar-refractivity contribution is 6.34. The van der Waals surface area contributed by atoms with E-state index in [2.05, 4.69) is 10.4 Å². The lowest BCUT2D eigenvalue weighted by Crippen LogP contribution is -2.32. The van der Waals surface area contributed by atoms with Gasteiger partial charge in [-0.3, -0.25) is 9.36 Å². The van der Waals surface area contributed by atoms with Gasteiger partial charge in [0.05, 0.1) is 16.3 Å². The number of alkyl halides is 3. The second-order valence-electron chi connectivity index (χ2n) is 8.16. The zero-order valence-corrected chi connectivity index (χ0v) is 19.9. The molecule has 1 N–H and O–H groups in total. The summed E-state index contributed by atoms with van der Waals surface area (Å²) in [6.07, 6.45) is -6.59. The first-order chi connectivity index (χ1) is 17.0. The summed E-state index contributed by atoms with van der Waals surface area (Å²) in [7, 11) is 0. The predicted molar refractivity (Wildman–Crippen MR) is 122 cm³/mol. The molecule has 13 heteroatoms. The summed E-state index contributed by atoms with van der Waals surface area (Å²) in [5, 5.41) is 6.75. The molecule has 0 radical (unpaired) electrons. The maximum Gasteiger partial charge on any atom is 0.425 e. The Morgan fingerprint density at radius 2 is 2.06 bits per heavy atom. The van der Waals surface area contributed by atoms with E-state index < -0.39 is 46.7 Å². The van der Waals surface area contributed by atoms with Crippen molar-refractivity contribution < 1.29 is 31.8 Å². The highest BCUT2D eigenvalue weighted by Gasteiger charge is 2.39. The molecule has 0 saturated carbocycles. The van der Waals surface area contributed by atoms with Crippen molar-refractivity contribution in [1.29, 1.82) is 0 Å². The number of aryl methyl sites for hydroxylation is 1. The number of carbonyl (C=O) groups excluding carboxylic acids is 1. The smallest absolute Gasteiger partial charge is 0.425 e. The van der Waals surface area contributed by atoms with Crippen molar-refractivity contribution in [3.63, 3.8) is 0 Å². The normalized spacial score (nSPS) is 14.6. The van der Waals surface area contributed by atoms with Gasteiger partial charge in [-0.2, -0.15) is 17.9 Å². The molecule has 192 valence electrons. The molecule has 36 heavy (non-hydrogen) atoms. The summed E-state index contributed by atoms with van der Waals surface area (Å²) in [4.78, 5) is 25.9. The Hall–Kier alpha value is -3.38. The first-order valence-corrected chi connectivity index (χ1v) is 11.3. The average molecular weight is 529 g/mol. The lowest BCUT2D eigenvalue weighted by molar-refractivity contribution is -0.189. The largest absolute Gasteiger partial charge is 0.480 e. The minimum Gasteiger partial charge on any atom is -0.480 e. The summed E-state index contributed by atoms with van der Waals surface area (Å²) < 4.78 is 67.5. The number of hydrogen-bond donors (Lipinski definition) is 1. The number of rotatable bonds is 5. The van der Waals surface area contributed by atoms with E-state index in [9.17, 15) is 22.8 Å². The van der Waals surface area contributed by atoms with E-state index in [4.69, 9.17) is 21.1 Å². The topological polar surface area (TPSA) is 87.4 Å². The van der Waals surface area contributed by atoms with Crippen LogP contribution in [0.15, 0.2) is 35.1 Å². The number of fused-ring (bicyclic) bond motifs is 1. The molecule has 2 aromatic carbocycles. The zero-order valence-electron chi connectivity index (χ0n) is 19.2. The van der Waals surface area contributed by atoms with E-state index >= 15 is 4.39 Å². The van der Waals surface area contributed by atoms with Crippen LogP contribution in [0.4, 0.5) is 23.2 Å². The number of para-hydroxylation sites is 1. The van der Waals surface area contributed by atoms with Gasteiger partial charge in [0.25, 0.3) is 5.91 Å². The van der Waals surface area contributed by atoms with Crippen LogP contribution in [0.5, 0.6) is 5.75 Å². The minimum absolute atomic E-state index is 0.00992. The summed E-state index contributed by atoms with van der Waals surface area (Å²) in [6.45, 7) is 3.11. The van der Waals surface area contributed by atoms with Crippen molar-refractivity contribution in [2.45, 2.75) is 45.7 Å². The van der Waals surface area contributed by atoms with Crippen LogP contribution in [0, 0.1) is 12.7 Å². The first-order valence-electron chi connectivity index (χ1n) is 10.9. The van der Waals surface area contributed by atoms with E-state index in [1.807, 2.05) is 0 Å². The number of aromatic nitrogens is 3. The fraction of sp³-hybridized carbons (Fsp3) is 0.348. The standard InChI is InChI=1S/C23H21ClF4N4O4/c1-12-5-3-6-15(24)20(12)29-21(33)14-9-16(25)17(10-18(14)36-13(2)23(26,27)28)32-22(34)31-7-4-8-35-11-19(31)30-32/h3,5-6,9-10,13H,4,7-8,11H2,1-2H3,(H,29,33)/t13-/m0/s1. The van der Waals surface area contributed by atoms with Gasteiger partial charge in [0.2, 0.25) is 0 Å². The number of nitrogens with zero attached hydrogens (tertiary/aromatic N) is 3. The van der Waals surface area contributed by atoms with Gasteiger partial charge in [-0.1, -0.05) is 23.7 Å². The molecule has 1 aliphatic heterocycles. The molecule has 0 aliphatic carbocycles. The Morgan fingerprint density at radius 1 is 1.31 bits per heavy atom. The van der Waals surface area contributed by atoms with Gasteiger partial charge in [-0.15, -0.1) is 5.10 Å². The van der Waals surface area contributed by atoms with Crippen LogP contribution in [0.1, 0.15) is 35.1 Å². The average Bonchev–Trinajstić information content (AvgIpc) is 2.96. The molecule has 1 amide bonds. The van der Waals surface area contributed by atoms with Crippen LogP contribution >= 0.6 is 11.6 Å². The molecule has 1 atom stereocenters. The van der Waals surface area contributed by atoms with Crippen LogP contribution < -0.4 is 15.7 Å². The molecule has 4 rings (SSSR count). The van der Waals surface area contributed by atoms with Crippen LogP contribution in [-0.2, 0) is 17.9 Å². The van der Waals surface area contributed by atoms with Crippen LogP contribution in [0.2, 0.25) is 5.02 Å². The molecular weight excluding hydrogens is 508 g/mol. The first kappa shape index (κ1) is 25.7. The second kappa shape index (κ2) is 9.94. The molecule has 3 aromatic rings. The number of hydrogen-bond acceptors (Lipinski definition) is 5. The number of anilines is 1. The molecule has 2 heterocycles. The molecule has 1 aromatic heterocycles. The Labute approximate surface area is 207 Å². The van der Waals surface area contributed by atoms with Crippen LogP contribution in [0.25, 0.3) is 5.69 Å². The number of halogens is 5. The fourth-order valence-electron chi connectivity index (χ4n) is 3.62. The van der Waals surface area contributed by atoms with Crippen LogP contribution in [-0.4, -0.2) is 39.1 Å². The van der Waals surface area contributed by atoms with Gasteiger partial charge in [0.1, 0.15) is 23.9 Å². The van der Waals surface area contributed by atoms with Gasteiger partial charge in [-0.25, -0.2) is 9.18 Å². The van der Waals surface area contributed by atoms with Crippen molar-refractivity contribution in [2.24, 2.45) is 0 Å². The van der Waals surface area contributed by atoms with Crippen molar-refractivity contribution in [1.82, 2.24) is 14.3 Å². The zero-order chi connectivity index (χ0) is 26.2. The predicted octanol–water partition coefficient (Wildman–Crippen LogP) is 4.64. The van der Waals surface area contributed by atoms with Gasteiger partial charge in [0.15, 0.2) is 11.9 Å². The third-order valence-corrected chi connectivity index (χ3v) is 5.90. The highest BCUT2D eigenvalue weighted by atomic mass is 35.5. The molecule has 8 nitrogen and oxygen atoms in total. The van der Waals surface area contributed by atoms with Gasteiger partial charge in [0, 0.05) is 19.2 Å². The Balaban J connectivity index is 1.80. The van der Waals surface area contributed by atoms with Crippen LogP contribution in [0.3, 0.4) is 0 Å². The lowest BCUT2D eigenvalue weighted by atomic mass is 10.1. The molecule has 0 spiro atoms. The van der Waals surface area contributed by atoms with E-state index in [-0.39, 0.29) is 29.7 Å². The monoisotopic (exact) mass is 528 g/mol. The Morgan fingerprint density at radius 3 is 2.75 bits per heavy atom. The molecule has 0 unspecified atom stereocenters. The molecule has 0 fully saturated rings. The van der Waals surface area contributed by atoms with E-state index in [1.165, 1.54) is 10.6 Å². The molecular formula is C23H21ClF4N4O4. The summed E-state index contributed by atoms with van der Waals surface area (Å²) in [6, 6.07) is 6.36. The Bertz CT molecular complexity index is 1350. The maximum absolute atomic E-state index is 15.2. The van der Waals surface area contributed by atoms with Crippen molar-refractivity contribution in [2.75, 3.05) is 11.9 Å². The molecule has 0 saturated heterocycles. The minimum atomic E-state index is -4.78. The quantitative estimate of drug-likeness (QED) is 0.488. The van der Waals surface area contributed by atoms with Crippen molar-refractivity contribution in [3.05, 3.63) is 68.6 Å². The third-order valence-electron chi connectivity index (χ3n) is 5.59. The maximum atomic E-state index is 15.2. The number of ether oxygens (including phenoxy) is 2. The molecule has 0 bridgehead atoms. The highest BCUT2D eigenvalue weighted by Crippen LogP contribution is 2.32. The van der Waals surface area contributed by atoms with E-state index in [0.29, 0.717) is 29.3 Å². The lowest BCUT2D eigenvalue weighted by Gasteiger charge is -2.21. The number of benzene rings is 2. The Kier molecular flexibility index (Phi) is 7.10. The molecule has 1 aliphatic rings. The fourth-order valence-corrected chi connectivity index (χ4v) is 3.89. The van der Waals surface area contributed by atoms with E-state index in [1.54, 1.807) is 19.1 Å². The summed E-state index contributed by atoms with van der Waals surface area (Å²) in [5.74, 6) is -2.38. The van der Waals surface area contributed by atoms with E-state index in [0.717, 1.165) is 13.0 Å². The number of nitrogens with one attached hydrogen (secondary N) is 1. The van der Waals surface area contributed by atoms with Crippen molar-refractivity contribution >= 4 is 23.2 Å². The summed E-state index contributed by atoms with van der Waals surface area (Å²) >= 11 is 6.13. The number of carbonyl (C=O) groups is 1. The van der Waals surface area contributed by atoms with Gasteiger partial charge >= 0.3 is 11.9 Å². The second-order valence-corrected chi connectivity index (χ2v) is 8.56. The van der Waals surface area contributed by atoms with Gasteiger partial charge < -0.3 is 14.8 Å². The SMILES string of the molecule is Cc1cccc(Cl)c1NC(=O)c1cc(F)c(-n2nc3n(c2=O)CCCOC3)cc1O[C@@H](C)C(F)(F)F. The summed E-state index contributed by atoms with van der Waals surface area (Å²) in [5.41, 5.74) is -0.919. The van der Waals surface area contributed by atoms with Gasteiger partial charge in [-0.05, 0) is 38.0 Å². The number of amides is 1.